The molecule has 0 unspecified atom stereocenters. The number of hydrogen-bond donors (Lipinski definition) is 2. The number of amides is 2. The van der Waals surface area contributed by atoms with Crippen LogP contribution in [0.2, 0.25) is 0 Å². The predicted octanol–water partition coefficient (Wildman–Crippen LogP) is 0.0373. The maximum absolute atomic E-state index is 12.3. The highest BCUT2D eigenvalue weighted by Crippen LogP contribution is 2.42. The summed E-state index contributed by atoms with van der Waals surface area (Å²) >= 11 is 5.00. The zero-order valence-electron chi connectivity index (χ0n) is 10.3. The summed E-state index contributed by atoms with van der Waals surface area (Å²) in [6.07, 6.45) is 2.36. The van der Waals surface area contributed by atoms with Gasteiger partial charge in [0.25, 0.3) is 0 Å². The normalized spacial score (nSPS) is 16.8. The molecule has 1 saturated carbocycles. The zero-order valence-corrected chi connectivity index (χ0v) is 11.1. The van der Waals surface area contributed by atoms with Gasteiger partial charge in [-0.1, -0.05) is 18.6 Å². The van der Waals surface area contributed by atoms with Crippen molar-refractivity contribution in [1.29, 1.82) is 0 Å². The van der Waals surface area contributed by atoms with Gasteiger partial charge in [-0.15, -0.1) is 0 Å². The average molecular weight is 257 g/mol. The largest absolute Gasteiger partial charge is 0.392 e. The topological polar surface area (TPSA) is 75.4 Å². The van der Waals surface area contributed by atoms with Gasteiger partial charge in [0.1, 0.15) is 0 Å². The molecule has 0 aliphatic heterocycles. The third-order valence-corrected chi connectivity index (χ3v) is 3.76. The van der Waals surface area contributed by atoms with Crippen molar-refractivity contribution in [3.05, 3.63) is 0 Å². The van der Waals surface area contributed by atoms with Crippen molar-refractivity contribution in [2.45, 2.75) is 26.2 Å². The van der Waals surface area contributed by atoms with Gasteiger partial charge in [0.15, 0.2) is 0 Å². The number of thiocarbonyl (C=S) groups is 1. The molecule has 2 amide bonds. The number of nitrogens with zero attached hydrogens (tertiary/aromatic N) is 1. The van der Waals surface area contributed by atoms with E-state index in [1.165, 1.54) is 4.90 Å². The maximum Gasteiger partial charge on any atom is 0.239 e. The summed E-state index contributed by atoms with van der Waals surface area (Å²) in [5.74, 6) is -0.292. The summed E-state index contributed by atoms with van der Waals surface area (Å²) in [7, 11) is 1.55. The van der Waals surface area contributed by atoms with Gasteiger partial charge < -0.3 is 16.0 Å². The van der Waals surface area contributed by atoms with Crippen molar-refractivity contribution in [3.8, 4) is 0 Å². The minimum atomic E-state index is -0.695. The summed E-state index contributed by atoms with van der Waals surface area (Å²) in [6, 6.07) is 0. The lowest BCUT2D eigenvalue weighted by atomic mass is 9.67. The molecule has 5 nitrogen and oxygen atoms in total. The second-order valence-corrected chi connectivity index (χ2v) is 4.73. The molecule has 1 rings (SSSR count). The molecule has 0 atom stereocenters. The summed E-state index contributed by atoms with van der Waals surface area (Å²) < 4.78 is 0. The lowest BCUT2D eigenvalue weighted by molar-refractivity contribution is -0.144. The zero-order chi connectivity index (χ0) is 13.1. The highest BCUT2D eigenvalue weighted by Gasteiger charge is 2.48. The molecule has 3 N–H and O–H groups in total. The first-order valence-corrected chi connectivity index (χ1v) is 6.18. The van der Waals surface area contributed by atoms with Crippen LogP contribution in [0.25, 0.3) is 0 Å². The van der Waals surface area contributed by atoms with Crippen LogP contribution in [-0.2, 0) is 9.59 Å². The molecule has 6 heteroatoms. The Balaban J connectivity index is 2.78. The summed E-state index contributed by atoms with van der Waals surface area (Å²) in [4.78, 5) is 25.4. The molecule has 1 aliphatic rings. The van der Waals surface area contributed by atoms with Crippen molar-refractivity contribution >= 4 is 29.0 Å². The molecule has 0 spiro atoms. The number of likely N-dealkylation sites (N-methyl/N-ethyl adjacent to an activating group) is 2. The third kappa shape index (κ3) is 2.57. The number of rotatable bonds is 5. The third-order valence-electron chi connectivity index (χ3n) is 3.37. The van der Waals surface area contributed by atoms with Gasteiger partial charge >= 0.3 is 0 Å². The molecule has 1 fully saturated rings. The SMILES string of the molecule is CCN(CC(=O)NC)C(=O)C1(C(N)=S)CCC1. The minimum Gasteiger partial charge on any atom is -0.392 e. The van der Waals surface area contributed by atoms with Gasteiger partial charge in [-0.25, -0.2) is 0 Å². The smallest absolute Gasteiger partial charge is 0.239 e. The van der Waals surface area contributed by atoms with Gasteiger partial charge in [0, 0.05) is 13.6 Å². The molecule has 0 heterocycles. The van der Waals surface area contributed by atoms with E-state index in [2.05, 4.69) is 5.32 Å². The number of carbonyl (C=O) groups excluding carboxylic acids is 2. The van der Waals surface area contributed by atoms with Crippen molar-refractivity contribution in [2.75, 3.05) is 20.1 Å². The van der Waals surface area contributed by atoms with Crippen LogP contribution < -0.4 is 11.1 Å². The highest BCUT2D eigenvalue weighted by atomic mass is 32.1. The Kier molecular flexibility index (Phi) is 4.45. The average Bonchev–Trinajstić information content (AvgIpc) is 2.22. The molecule has 96 valence electrons. The lowest BCUT2D eigenvalue weighted by Crippen LogP contribution is -2.55. The summed E-state index contributed by atoms with van der Waals surface area (Å²) in [5.41, 5.74) is 4.98. The minimum absolute atomic E-state index is 0.0657. The van der Waals surface area contributed by atoms with Gasteiger partial charge in [0.2, 0.25) is 11.8 Å². The van der Waals surface area contributed by atoms with Crippen LogP contribution in [0.4, 0.5) is 0 Å². The Morgan fingerprint density at radius 1 is 1.47 bits per heavy atom. The molecule has 0 radical (unpaired) electrons. The molecular weight excluding hydrogens is 238 g/mol. The van der Waals surface area contributed by atoms with Crippen LogP contribution in [0.15, 0.2) is 0 Å². The van der Waals surface area contributed by atoms with Crippen molar-refractivity contribution in [1.82, 2.24) is 10.2 Å². The van der Waals surface area contributed by atoms with Crippen LogP contribution in [0.1, 0.15) is 26.2 Å². The molecule has 0 saturated heterocycles. The van der Waals surface area contributed by atoms with Gasteiger partial charge in [-0.3, -0.25) is 9.59 Å². The maximum atomic E-state index is 12.3. The molecule has 1 aliphatic carbocycles. The van der Waals surface area contributed by atoms with Gasteiger partial charge in [0.05, 0.1) is 16.9 Å². The van der Waals surface area contributed by atoms with Crippen LogP contribution in [0, 0.1) is 5.41 Å². The first kappa shape index (κ1) is 13.9. The van der Waals surface area contributed by atoms with E-state index in [9.17, 15) is 9.59 Å². The number of nitrogens with two attached hydrogens (primary N) is 1. The van der Waals surface area contributed by atoms with E-state index < -0.39 is 5.41 Å². The van der Waals surface area contributed by atoms with E-state index in [1.807, 2.05) is 6.92 Å². The first-order valence-electron chi connectivity index (χ1n) is 5.77. The Morgan fingerprint density at radius 2 is 2.06 bits per heavy atom. The molecular formula is C11H19N3O2S. The predicted molar refractivity (Wildman–Crippen MR) is 69.4 cm³/mol. The number of carbonyl (C=O) groups is 2. The van der Waals surface area contributed by atoms with E-state index in [0.717, 1.165) is 6.42 Å². The Bertz CT molecular complexity index is 340. The number of nitrogens with one attached hydrogen (secondary N) is 1. The fraction of sp³-hybridized carbons (Fsp3) is 0.727. The Hall–Kier alpha value is -1.17. The standard InChI is InChI=1S/C11H19N3O2S/c1-3-14(7-8(15)13-2)10(16)11(9(12)17)5-4-6-11/h3-7H2,1-2H3,(H2,12,17)(H,13,15). The van der Waals surface area contributed by atoms with Crippen molar-refractivity contribution < 1.29 is 9.59 Å². The monoisotopic (exact) mass is 257 g/mol. The van der Waals surface area contributed by atoms with E-state index in [4.69, 9.17) is 18.0 Å². The molecule has 0 aromatic carbocycles. The first-order chi connectivity index (χ1) is 7.97. The second-order valence-electron chi connectivity index (χ2n) is 4.29. The molecule has 17 heavy (non-hydrogen) atoms. The fourth-order valence-corrected chi connectivity index (χ4v) is 2.27. The summed E-state index contributed by atoms with van der Waals surface area (Å²) in [5, 5.41) is 2.50. The highest BCUT2D eigenvalue weighted by molar-refractivity contribution is 7.80. The molecule has 0 aromatic heterocycles. The lowest BCUT2D eigenvalue weighted by Gasteiger charge is -2.42. The quantitative estimate of drug-likeness (QED) is 0.682. The van der Waals surface area contributed by atoms with Crippen LogP contribution >= 0.6 is 12.2 Å². The van der Waals surface area contributed by atoms with Crippen LogP contribution in [0.5, 0.6) is 0 Å². The molecule has 0 bridgehead atoms. The van der Waals surface area contributed by atoms with Crippen molar-refractivity contribution in [2.24, 2.45) is 11.1 Å². The Morgan fingerprint density at radius 3 is 2.35 bits per heavy atom. The summed E-state index contributed by atoms with van der Waals surface area (Å²) in [6.45, 7) is 2.39. The number of hydrogen-bond acceptors (Lipinski definition) is 3. The van der Waals surface area contributed by atoms with Gasteiger partial charge in [-0.2, -0.15) is 0 Å². The second kappa shape index (κ2) is 5.44. The van der Waals surface area contributed by atoms with E-state index >= 15 is 0 Å². The van der Waals surface area contributed by atoms with Gasteiger partial charge in [-0.05, 0) is 19.8 Å². The molecule has 0 aromatic rings. The van der Waals surface area contributed by atoms with E-state index in [1.54, 1.807) is 7.05 Å². The van der Waals surface area contributed by atoms with E-state index in [0.29, 0.717) is 19.4 Å². The van der Waals surface area contributed by atoms with Crippen molar-refractivity contribution in [3.63, 3.8) is 0 Å². The van der Waals surface area contributed by atoms with Crippen LogP contribution in [0.3, 0.4) is 0 Å². The van der Waals surface area contributed by atoms with Crippen LogP contribution in [-0.4, -0.2) is 41.8 Å². The van der Waals surface area contributed by atoms with E-state index in [-0.39, 0.29) is 23.3 Å². The Labute approximate surface area is 107 Å². The fourth-order valence-electron chi connectivity index (χ4n) is 1.98.